The summed E-state index contributed by atoms with van der Waals surface area (Å²) in [7, 11) is 0. The summed E-state index contributed by atoms with van der Waals surface area (Å²) < 4.78 is 11.3. The van der Waals surface area contributed by atoms with E-state index in [-0.39, 0.29) is 24.5 Å². The fraction of sp³-hybridized carbons (Fsp3) is 0.632. The summed E-state index contributed by atoms with van der Waals surface area (Å²) in [6.45, 7) is 9.29. The summed E-state index contributed by atoms with van der Waals surface area (Å²) in [5.41, 5.74) is 0.571. The standard InChI is InChI=1S/C19H29ClN2O4/c1-19(2,3)13-22(6-4-7-23)12-18(24)21-15-11-17-16(10-14(15)20)25-8-5-9-26-17/h10-11,23H,4-9,12-13H2,1-3H3,(H,21,24). The van der Waals surface area contributed by atoms with E-state index in [0.717, 1.165) is 13.0 Å². The Morgan fingerprint density at radius 3 is 2.54 bits per heavy atom. The first-order chi connectivity index (χ1) is 12.3. The number of carbonyl (C=O) groups excluding carboxylic acids is 1. The van der Waals surface area contributed by atoms with Crippen molar-refractivity contribution in [2.75, 3.05) is 44.8 Å². The molecule has 0 unspecified atom stereocenters. The molecular weight excluding hydrogens is 356 g/mol. The highest BCUT2D eigenvalue weighted by atomic mass is 35.5. The molecule has 0 radical (unpaired) electrons. The summed E-state index contributed by atoms with van der Waals surface area (Å²) in [5.74, 6) is 1.04. The van der Waals surface area contributed by atoms with Crippen LogP contribution in [0.25, 0.3) is 0 Å². The van der Waals surface area contributed by atoms with E-state index in [2.05, 4.69) is 26.1 Å². The van der Waals surface area contributed by atoms with E-state index < -0.39 is 0 Å². The average molecular weight is 385 g/mol. The lowest BCUT2D eigenvalue weighted by molar-refractivity contribution is -0.117. The number of anilines is 1. The Bertz CT molecular complexity index is 616. The lowest BCUT2D eigenvalue weighted by Gasteiger charge is -2.29. The number of fused-ring (bicyclic) bond motifs is 1. The van der Waals surface area contributed by atoms with E-state index in [1.54, 1.807) is 12.1 Å². The SMILES string of the molecule is CC(C)(C)CN(CCCO)CC(=O)Nc1cc2c(cc1Cl)OCCCO2. The molecule has 0 fully saturated rings. The van der Waals surface area contributed by atoms with Crippen LogP contribution in [0.4, 0.5) is 5.69 Å². The largest absolute Gasteiger partial charge is 0.490 e. The van der Waals surface area contributed by atoms with Crippen LogP contribution < -0.4 is 14.8 Å². The van der Waals surface area contributed by atoms with Crippen molar-refractivity contribution in [2.45, 2.75) is 33.6 Å². The van der Waals surface area contributed by atoms with Crippen LogP contribution in [0.3, 0.4) is 0 Å². The Balaban J connectivity index is 2.04. The Hall–Kier alpha value is -1.50. The molecule has 0 bridgehead atoms. The molecule has 7 heteroatoms. The number of nitrogens with zero attached hydrogens (tertiary/aromatic N) is 1. The van der Waals surface area contributed by atoms with Crippen molar-refractivity contribution in [1.29, 1.82) is 0 Å². The van der Waals surface area contributed by atoms with E-state index in [0.29, 0.717) is 48.4 Å². The molecule has 0 spiro atoms. The number of carbonyl (C=O) groups is 1. The minimum Gasteiger partial charge on any atom is -0.490 e. The normalized spacial score (nSPS) is 14.2. The zero-order valence-corrected chi connectivity index (χ0v) is 16.6. The number of aliphatic hydroxyl groups is 1. The van der Waals surface area contributed by atoms with E-state index in [1.165, 1.54) is 0 Å². The summed E-state index contributed by atoms with van der Waals surface area (Å²) in [6.07, 6.45) is 1.44. The number of hydrogen-bond acceptors (Lipinski definition) is 5. The van der Waals surface area contributed by atoms with Gasteiger partial charge in [-0.1, -0.05) is 32.4 Å². The van der Waals surface area contributed by atoms with Crippen molar-refractivity contribution in [3.63, 3.8) is 0 Å². The number of halogens is 1. The topological polar surface area (TPSA) is 71.0 Å². The molecule has 1 aromatic rings. The third-order valence-electron chi connectivity index (χ3n) is 3.81. The number of hydrogen-bond donors (Lipinski definition) is 2. The van der Waals surface area contributed by atoms with E-state index in [1.807, 2.05) is 4.90 Å². The van der Waals surface area contributed by atoms with Crippen molar-refractivity contribution < 1.29 is 19.4 Å². The second-order valence-electron chi connectivity index (χ2n) is 7.73. The third kappa shape index (κ3) is 6.67. The quantitative estimate of drug-likeness (QED) is 0.755. The zero-order valence-electron chi connectivity index (χ0n) is 15.8. The van der Waals surface area contributed by atoms with Gasteiger partial charge in [0.15, 0.2) is 11.5 Å². The Kier molecular flexibility index (Phi) is 7.55. The number of benzene rings is 1. The molecule has 2 N–H and O–H groups in total. The summed E-state index contributed by atoms with van der Waals surface area (Å²) in [6, 6.07) is 3.39. The van der Waals surface area contributed by atoms with Crippen LogP contribution >= 0.6 is 11.6 Å². The van der Waals surface area contributed by atoms with Gasteiger partial charge in [0, 0.05) is 38.2 Å². The maximum absolute atomic E-state index is 12.5. The maximum Gasteiger partial charge on any atom is 0.238 e. The van der Waals surface area contributed by atoms with Crippen molar-refractivity contribution in [1.82, 2.24) is 4.90 Å². The highest BCUT2D eigenvalue weighted by Crippen LogP contribution is 2.37. The Labute approximate surface area is 160 Å². The van der Waals surface area contributed by atoms with Gasteiger partial charge in [0.1, 0.15) is 0 Å². The predicted molar refractivity (Wildman–Crippen MR) is 103 cm³/mol. The van der Waals surface area contributed by atoms with Crippen molar-refractivity contribution >= 4 is 23.2 Å². The molecule has 0 aliphatic carbocycles. The molecule has 0 aromatic heterocycles. The summed E-state index contributed by atoms with van der Waals surface area (Å²) >= 11 is 6.29. The van der Waals surface area contributed by atoms with Gasteiger partial charge in [0.05, 0.1) is 30.5 Å². The average Bonchev–Trinajstić information content (AvgIpc) is 2.76. The fourth-order valence-electron chi connectivity index (χ4n) is 2.85. The van der Waals surface area contributed by atoms with E-state index in [9.17, 15) is 4.79 Å². The molecule has 1 aliphatic heterocycles. The molecule has 146 valence electrons. The van der Waals surface area contributed by atoms with Crippen molar-refractivity contribution in [3.05, 3.63) is 17.2 Å². The summed E-state index contributed by atoms with van der Waals surface area (Å²) in [5, 5.41) is 12.4. The molecule has 1 heterocycles. The highest BCUT2D eigenvalue weighted by molar-refractivity contribution is 6.34. The van der Waals surface area contributed by atoms with E-state index >= 15 is 0 Å². The maximum atomic E-state index is 12.5. The van der Waals surface area contributed by atoms with Crippen LogP contribution in [-0.4, -0.2) is 55.4 Å². The van der Waals surface area contributed by atoms with Crippen molar-refractivity contribution in [2.24, 2.45) is 5.41 Å². The molecule has 1 aromatic carbocycles. The molecular formula is C19H29ClN2O4. The minimum atomic E-state index is -0.149. The number of nitrogens with one attached hydrogen (secondary N) is 1. The van der Waals surface area contributed by atoms with Gasteiger partial charge >= 0.3 is 0 Å². The first kappa shape index (κ1) is 20.8. The van der Waals surface area contributed by atoms with Crippen LogP contribution in [-0.2, 0) is 4.79 Å². The van der Waals surface area contributed by atoms with Gasteiger partial charge in [0.25, 0.3) is 0 Å². The summed E-state index contributed by atoms with van der Waals surface area (Å²) in [4.78, 5) is 14.6. The van der Waals surface area contributed by atoms with Crippen LogP contribution in [0, 0.1) is 5.41 Å². The molecule has 1 aliphatic rings. The Morgan fingerprint density at radius 1 is 1.27 bits per heavy atom. The second kappa shape index (κ2) is 9.44. The molecule has 2 rings (SSSR count). The first-order valence-electron chi connectivity index (χ1n) is 9.01. The molecule has 0 saturated carbocycles. The first-order valence-corrected chi connectivity index (χ1v) is 9.38. The van der Waals surface area contributed by atoms with E-state index in [4.69, 9.17) is 26.2 Å². The van der Waals surface area contributed by atoms with Gasteiger partial charge in [-0.15, -0.1) is 0 Å². The van der Waals surface area contributed by atoms with Crippen LogP contribution in [0.15, 0.2) is 12.1 Å². The number of amides is 1. The monoisotopic (exact) mass is 384 g/mol. The molecule has 6 nitrogen and oxygen atoms in total. The van der Waals surface area contributed by atoms with Crippen LogP contribution in [0.1, 0.15) is 33.6 Å². The van der Waals surface area contributed by atoms with Gasteiger partial charge in [-0.3, -0.25) is 9.69 Å². The predicted octanol–water partition coefficient (Wildman–Crippen LogP) is 3.17. The second-order valence-corrected chi connectivity index (χ2v) is 8.13. The van der Waals surface area contributed by atoms with Gasteiger partial charge in [0.2, 0.25) is 5.91 Å². The zero-order chi connectivity index (χ0) is 19.2. The minimum absolute atomic E-state index is 0.0582. The molecule has 0 saturated heterocycles. The molecule has 1 amide bonds. The number of aliphatic hydroxyl groups excluding tert-OH is 1. The molecule has 0 atom stereocenters. The highest BCUT2D eigenvalue weighted by Gasteiger charge is 2.20. The Morgan fingerprint density at radius 2 is 1.92 bits per heavy atom. The number of ether oxygens (including phenoxy) is 2. The van der Waals surface area contributed by atoms with Gasteiger partial charge in [-0.2, -0.15) is 0 Å². The fourth-order valence-corrected chi connectivity index (χ4v) is 3.05. The lowest BCUT2D eigenvalue weighted by Crippen LogP contribution is -2.39. The van der Waals surface area contributed by atoms with Crippen molar-refractivity contribution in [3.8, 4) is 11.5 Å². The van der Waals surface area contributed by atoms with Crippen LogP contribution in [0.5, 0.6) is 11.5 Å². The van der Waals surface area contributed by atoms with Gasteiger partial charge in [-0.25, -0.2) is 0 Å². The smallest absolute Gasteiger partial charge is 0.238 e. The lowest BCUT2D eigenvalue weighted by atomic mass is 9.96. The molecule has 26 heavy (non-hydrogen) atoms. The third-order valence-corrected chi connectivity index (χ3v) is 4.12. The van der Waals surface area contributed by atoms with Gasteiger partial charge in [-0.05, 0) is 11.8 Å². The van der Waals surface area contributed by atoms with Gasteiger partial charge < -0.3 is 19.9 Å². The number of rotatable bonds is 7. The van der Waals surface area contributed by atoms with Crippen LogP contribution in [0.2, 0.25) is 5.02 Å².